The number of benzene rings is 2. The van der Waals surface area contributed by atoms with E-state index < -0.39 is 0 Å². The molecule has 2 aromatic rings. The summed E-state index contributed by atoms with van der Waals surface area (Å²) >= 11 is 0. The molecule has 0 amide bonds. The van der Waals surface area contributed by atoms with Crippen LogP contribution in [0.4, 0.5) is 21.5 Å². The summed E-state index contributed by atoms with van der Waals surface area (Å²) in [4.78, 5) is 8.71. The van der Waals surface area contributed by atoms with E-state index in [2.05, 4.69) is 57.5 Å². The van der Waals surface area contributed by atoms with Crippen LogP contribution in [0.5, 0.6) is 5.75 Å². The minimum Gasteiger partial charge on any atom is -0.461 e. The second-order valence-electron chi connectivity index (χ2n) is 8.93. The molecule has 3 N–H and O–H groups in total. The maximum absolute atomic E-state index is 14.9. The van der Waals surface area contributed by atoms with Crippen molar-refractivity contribution in [2.45, 2.75) is 6.92 Å². The van der Waals surface area contributed by atoms with Crippen molar-refractivity contribution in [3.05, 3.63) is 109 Å². The first kappa shape index (κ1) is 25.8. The van der Waals surface area contributed by atoms with Crippen LogP contribution in [0.1, 0.15) is 6.92 Å². The molecule has 2 heterocycles. The van der Waals surface area contributed by atoms with Crippen LogP contribution in [-0.2, 0) is 0 Å². The van der Waals surface area contributed by atoms with Gasteiger partial charge in [0.15, 0.2) is 0 Å². The van der Waals surface area contributed by atoms with E-state index in [1.807, 2.05) is 49.4 Å². The molecule has 1 fully saturated rings. The number of halogens is 1. The Hall–Kier alpha value is -4.30. The Balaban J connectivity index is 1.38. The molecule has 1 saturated heterocycles. The van der Waals surface area contributed by atoms with Crippen LogP contribution in [0.3, 0.4) is 0 Å². The lowest BCUT2D eigenvalue weighted by molar-refractivity contribution is 0.311. The van der Waals surface area contributed by atoms with Crippen molar-refractivity contribution in [3.8, 4) is 5.75 Å². The van der Waals surface area contributed by atoms with Gasteiger partial charge in [0.2, 0.25) is 0 Å². The topological polar surface area (TPSA) is 64.2 Å². The van der Waals surface area contributed by atoms with E-state index in [1.165, 1.54) is 6.07 Å². The predicted molar refractivity (Wildman–Crippen MR) is 151 cm³/mol. The molecular weight excluding hydrogens is 467 g/mol. The molecule has 0 spiro atoms. The highest BCUT2D eigenvalue weighted by Crippen LogP contribution is 2.25. The Labute approximate surface area is 218 Å². The van der Waals surface area contributed by atoms with E-state index in [9.17, 15) is 4.39 Å². The molecule has 8 heteroatoms. The van der Waals surface area contributed by atoms with E-state index in [4.69, 9.17) is 4.74 Å². The number of allylic oxidation sites excluding steroid dienone is 2. The summed E-state index contributed by atoms with van der Waals surface area (Å²) in [6.45, 7) is 16.9. The fraction of sp³-hybridized carbons (Fsp3) is 0.207. The molecule has 7 nitrogen and oxygen atoms in total. The molecule has 37 heavy (non-hydrogen) atoms. The molecule has 2 aromatic carbocycles. The number of hydrogen-bond acceptors (Lipinski definition) is 7. The number of likely N-dealkylation sites (N-methyl/N-ethyl adjacent to an activating group) is 1. The van der Waals surface area contributed by atoms with E-state index >= 15 is 0 Å². The minimum atomic E-state index is -0.263. The van der Waals surface area contributed by atoms with Gasteiger partial charge in [-0.1, -0.05) is 25.8 Å². The largest absolute Gasteiger partial charge is 0.461 e. The Morgan fingerprint density at radius 3 is 2.51 bits per heavy atom. The first-order chi connectivity index (χ1) is 17.8. The number of ether oxygens (including phenoxy) is 1. The van der Waals surface area contributed by atoms with Gasteiger partial charge in [0.1, 0.15) is 29.0 Å². The molecule has 0 bridgehead atoms. The maximum atomic E-state index is 14.9. The fourth-order valence-electron chi connectivity index (χ4n) is 4.06. The van der Waals surface area contributed by atoms with Crippen molar-refractivity contribution in [2.24, 2.45) is 4.99 Å². The molecule has 2 aliphatic heterocycles. The van der Waals surface area contributed by atoms with Gasteiger partial charge in [-0.3, -0.25) is 0 Å². The van der Waals surface area contributed by atoms with Crippen LogP contribution in [0, 0.1) is 5.82 Å². The first-order valence-electron chi connectivity index (χ1n) is 12.1. The quantitative estimate of drug-likeness (QED) is 0.315. The van der Waals surface area contributed by atoms with Gasteiger partial charge in [-0.25, -0.2) is 9.38 Å². The number of nitrogens with zero attached hydrogens (tertiary/aromatic N) is 3. The Kier molecular flexibility index (Phi) is 8.10. The van der Waals surface area contributed by atoms with Crippen molar-refractivity contribution in [2.75, 3.05) is 48.8 Å². The highest BCUT2D eigenvalue weighted by molar-refractivity contribution is 6.04. The third-order valence-electron chi connectivity index (χ3n) is 6.09. The summed E-state index contributed by atoms with van der Waals surface area (Å²) in [5.74, 6) is 2.11. The summed E-state index contributed by atoms with van der Waals surface area (Å²) in [6.07, 6.45) is 5.20. The summed E-state index contributed by atoms with van der Waals surface area (Å²) < 4.78 is 20.9. The molecule has 0 radical (unpaired) electrons. The van der Waals surface area contributed by atoms with Gasteiger partial charge >= 0.3 is 0 Å². The fourth-order valence-corrected chi connectivity index (χ4v) is 4.06. The zero-order chi connectivity index (χ0) is 26.4. The molecule has 2 aliphatic rings. The van der Waals surface area contributed by atoms with Crippen molar-refractivity contribution >= 4 is 22.9 Å². The van der Waals surface area contributed by atoms with Crippen LogP contribution >= 0.6 is 0 Å². The molecule has 192 valence electrons. The van der Waals surface area contributed by atoms with Crippen LogP contribution in [-0.4, -0.2) is 44.0 Å². The Bertz CT molecular complexity index is 1290. The number of rotatable bonds is 9. The van der Waals surface area contributed by atoms with Gasteiger partial charge in [-0.15, -0.1) is 0 Å². The van der Waals surface area contributed by atoms with E-state index in [-0.39, 0.29) is 5.82 Å². The number of aliphatic imine (C=N–C) groups is 1. The van der Waals surface area contributed by atoms with Crippen LogP contribution < -0.4 is 25.6 Å². The van der Waals surface area contributed by atoms with E-state index in [0.29, 0.717) is 40.2 Å². The van der Waals surface area contributed by atoms with Gasteiger partial charge in [0, 0.05) is 55.5 Å². The average molecular weight is 501 g/mol. The predicted octanol–water partition coefficient (Wildman–Crippen LogP) is 5.44. The third kappa shape index (κ3) is 6.68. The number of piperazine rings is 1. The number of hydrogen-bond donors (Lipinski definition) is 3. The van der Waals surface area contributed by atoms with Crippen LogP contribution in [0.2, 0.25) is 0 Å². The van der Waals surface area contributed by atoms with E-state index in [0.717, 1.165) is 37.4 Å². The summed E-state index contributed by atoms with van der Waals surface area (Å²) in [5, 5.41) is 9.43. The third-order valence-corrected chi connectivity index (χ3v) is 6.09. The minimum absolute atomic E-state index is 0.263. The summed E-state index contributed by atoms with van der Waals surface area (Å²) in [7, 11) is 2.08. The lowest BCUT2D eigenvalue weighted by Gasteiger charge is -2.34. The highest BCUT2D eigenvalue weighted by Gasteiger charge is 2.18. The first-order valence-corrected chi connectivity index (χ1v) is 12.1. The Morgan fingerprint density at radius 1 is 1.03 bits per heavy atom. The van der Waals surface area contributed by atoms with Crippen molar-refractivity contribution < 1.29 is 9.13 Å². The molecule has 0 aromatic heterocycles. The molecule has 0 aliphatic carbocycles. The van der Waals surface area contributed by atoms with Crippen LogP contribution in [0.15, 0.2) is 108 Å². The molecular formula is C29H33FN6O. The van der Waals surface area contributed by atoms with Crippen molar-refractivity contribution in [3.63, 3.8) is 0 Å². The van der Waals surface area contributed by atoms with Crippen molar-refractivity contribution in [1.82, 2.24) is 10.2 Å². The maximum Gasteiger partial charge on any atom is 0.148 e. The standard InChI is InChI=1S/C29H33FN6O/c1-6-20(2)32-23-8-7-9-25(18-23)37-21(3)26-12-13-31-29(26)34-22(4)33-24-10-11-28(27(30)19-24)36-16-14-35(5)15-17-36/h6-13,18-19,32-33H,1-2,4,14-17H2,3,5H3,(H,31,34)/b26-21+. The monoisotopic (exact) mass is 500 g/mol. The van der Waals surface area contributed by atoms with Crippen molar-refractivity contribution in [1.29, 1.82) is 0 Å². The molecule has 4 rings (SSSR count). The smallest absolute Gasteiger partial charge is 0.148 e. The zero-order valence-corrected chi connectivity index (χ0v) is 21.4. The number of anilines is 3. The second kappa shape index (κ2) is 11.6. The van der Waals surface area contributed by atoms with E-state index in [1.54, 1.807) is 12.3 Å². The lowest BCUT2D eigenvalue weighted by atomic mass is 10.2. The van der Waals surface area contributed by atoms with Gasteiger partial charge in [-0.2, -0.15) is 0 Å². The Morgan fingerprint density at radius 2 is 1.78 bits per heavy atom. The summed E-state index contributed by atoms with van der Waals surface area (Å²) in [6, 6.07) is 12.7. The second-order valence-corrected chi connectivity index (χ2v) is 8.93. The van der Waals surface area contributed by atoms with Crippen LogP contribution in [0.25, 0.3) is 0 Å². The van der Waals surface area contributed by atoms with Gasteiger partial charge in [-0.05, 0) is 56.5 Å². The number of amidine groups is 1. The average Bonchev–Trinajstić information content (AvgIpc) is 3.33. The van der Waals surface area contributed by atoms with Gasteiger partial charge < -0.3 is 30.5 Å². The van der Waals surface area contributed by atoms with Gasteiger partial charge in [0.25, 0.3) is 0 Å². The van der Waals surface area contributed by atoms with Gasteiger partial charge in [0.05, 0.1) is 11.3 Å². The SMILES string of the molecule is C=CC(=C)Nc1cccc(O/C(C)=C2\C=CN=C2NC(=C)Nc2ccc(N3CCN(C)CC3)c(F)c2)c1. The normalized spacial score (nSPS) is 16.6. The molecule has 0 saturated carbocycles. The lowest BCUT2D eigenvalue weighted by Crippen LogP contribution is -2.44. The number of nitrogens with one attached hydrogen (secondary N) is 3. The summed E-state index contributed by atoms with van der Waals surface area (Å²) in [5.41, 5.74) is 3.55. The molecule has 0 unspecified atom stereocenters. The molecule has 0 atom stereocenters. The zero-order valence-electron chi connectivity index (χ0n) is 21.4. The highest BCUT2D eigenvalue weighted by atomic mass is 19.1.